The van der Waals surface area contributed by atoms with Crippen LogP contribution in [0.4, 0.5) is 0 Å². The molecule has 0 aliphatic carbocycles. The number of aryl methyl sites for hydroxylation is 1. The van der Waals surface area contributed by atoms with Gasteiger partial charge in [0, 0.05) is 0 Å². The lowest BCUT2D eigenvalue weighted by molar-refractivity contribution is -0.184. The first-order valence-corrected chi connectivity index (χ1v) is 4.09. The van der Waals surface area contributed by atoms with E-state index in [9.17, 15) is 5.11 Å². The van der Waals surface area contributed by atoms with E-state index in [1.165, 1.54) is 0 Å². The van der Waals surface area contributed by atoms with Gasteiger partial charge in [0.25, 0.3) is 0 Å². The standard InChI is InChI=1S/C10H12O2/c1-8-4-2-3-5-9(8)10(11)6-12-7-10/h2-5,11H,6-7H2,1H3. The summed E-state index contributed by atoms with van der Waals surface area (Å²) in [4.78, 5) is 0. The van der Waals surface area contributed by atoms with Crippen molar-refractivity contribution in [3.63, 3.8) is 0 Å². The Balaban J connectivity index is 2.39. The van der Waals surface area contributed by atoms with Crippen molar-refractivity contribution in [3.05, 3.63) is 35.4 Å². The van der Waals surface area contributed by atoms with Crippen molar-refractivity contribution in [2.45, 2.75) is 12.5 Å². The lowest BCUT2D eigenvalue weighted by Crippen LogP contribution is -2.46. The maximum atomic E-state index is 9.94. The van der Waals surface area contributed by atoms with Gasteiger partial charge in [0.05, 0.1) is 13.2 Å². The highest BCUT2D eigenvalue weighted by atomic mass is 16.5. The predicted molar refractivity (Wildman–Crippen MR) is 45.9 cm³/mol. The minimum atomic E-state index is -0.717. The van der Waals surface area contributed by atoms with Crippen LogP contribution in [0.5, 0.6) is 0 Å². The SMILES string of the molecule is Cc1ccccc1C1(O)COC1. The van der Waals surface area contributed by atoms with Crippen molar-refractivity contribution >= 4 is 0 Å². The van der Waals surface area contributed by atoms with Gasteiger partial charge in [0.15, 0.2) is 0 Å². The molecule has 0 atom stereocenters. The van der Waals surface area contributed by atoms with Gasteiger partial charge in [-0.2, -0.15) is 0 Å². The van der Waals surface area contributed by atoms with Gasteiger partial charge in [-0.3, -0.25) is 0 Å². The largest absolute Gasteiger partial charge is 0.380 e. The first kappa shape index (κ1) is 7.77. The van der Waals surface area contributed by atoms with Crippen LogP contribution in [0.2, 0.25) is 0 Å². The fraction of sp³-hybridized carbons (Fsp3) is 0.400. The molecule has 0 bridgehead atoms. The van der Waals surface area contributed by atoms with Crippen LogP contribution in [-0.4, -0.2) is 18.3 Å². The van der Waals surface area contributed by atoms with Crippen LogP contribution in [0.3, 0.4) is 0 Å². The topological polar surface area (TPSA) is 29.5 Å². The average molecular weight is 164 g/mol. The van der Waals surface area contributed by atoms with Crippen LogP contribution in [0.1, 0.15) is 11.1 Å². The van der Waals surface area contributed by atoms with Crippen molar-refractivity contribution in [3.8, 4) is 0 Å². The predicted octanol–water partition coefficient (Wildman–Crippen LogP) is 1.21. The zero-order chi connectivity index (χ0) is 8.60. The molecule has 1 heterocycles. The summed E-state index contributed by atoms with van der Waals surface area (Å²) >= 11 is 0. The number of hydrogen-bond donors (Lipinski definition) is 1. The van der Waals surface area contributed by atoms with Gasteiger partial charge >= 0.3 is 0 Å². The Hall–Kier alpha value is -0.860. The number of ether oxygens (including phenoxy) is 1. The highest BCUT2D eigenvalue weighted by molar-refractivity contribution is 5.32. The third-order valence-corrected chi connectivity index (χ3v) is 2.33. The molecule has 0 radical (unpaired) electrons. The molecule has 1 N–H and O–H groups in total. The highest BCUT2D eigenvalue weighted by Crippen LogP contribution is 2.30. The Morgan fingerprint density at radius 3 is 2.50 bits per heavy atom. The fourth-order valence-corrected chi connectivity index (χ4v) is 1.55. The third-order valence-electron chi connectivity index (χ3n) is 2.33. The van der Waals surface area contributed by atoms with Crippen molar-refractivity contribution in [1.29, 1.82) is 0 Å². The smallest absolute Gasteiger partial charge is 0.136 e. The molecule has 1 saturated heterocycles. The molecule has 2 heteroatoms. The lowest BCUT2D eigenvalue weighted by atomic mass is 9.89. The monoisotopic (exact) mass is 164 g/mol. The lowest BCUT2D eigenvalue weighted by Gasteiger charge is -2.37. The zero-order valence-corrected chi connectivity index (χ0v) is 7.08. The Kier molecular flexibility index (Phi) is 1.67. The number of hydrogen-bond acceptors (Lipinski definition) is 2. The van der Waals surface area contributed by atoms with Gasteiger partial charge in [0.1, 0.15) is 5.60 Å². The Bertz CT molecular complexity index is 290. The van der Waals surface area contributed by atoms with Crippen molar-refractivity contribution in [2.24, 2.45) is 0 Å². The molecule has 1 aliphatic rings. The van der Waals surface area contributed by atoms with Crippen LogP contribution in [0.25, 0.3) is 0 Å². The molecule has 2 rings (SSSR count). The summed E-state index contributed by atoms with van der Waals surface area (Å²) in [6.07, 6.45) is 0. The first-order chi connectivity index (χ1) is 5.72. The Morgan fingerprint density at radius 2 is 2.00 bits per heavy atom. The molecule has 1 aromatic carbocycles. The van der Waals surface area contributed by atoms with E-state index in [1.807, 2.05) is 31.2 Å². The van der Waals surface area contributed by atoms with Gasteiger partial charge in [-0.25, -0.2) is 0 Å². The summed E-state index contributed by atoms with van der Waals surface area (Å²) in [6.45, 7) is 2.86. The molecule has 0 amide bonds. The van der Waals surface area contributed by atoms with Gasteiger partial charge in [-0.15, -0.1) is 0 Å². The summed E-state index contributed by atoms with van der Waals surface area (Å²) in [5.74, 6) is 0. The fourth-order valence-electron chi connectivity index (χ4n) is 1.55. The summed E-state index contributed by atoms with van der Waals surface area (Å²) in [5, 5.41) is 9.94. The van der Waals surface area contributed by atoms with Crippen LogP contribution in [0.15, 0.2) is 24.3 Å². The van der Waals surface area contributed by atoms with Gasteiger partial charge in [-0.1, -0.05) is 24.3 Å². The first-order valence-electron chi connectivity index (χ1n) is 4.09. The molecule has 0 unspecified atom stereocenters. The second-order valence-corrected chi connectivity index (χ2v) is 3.34. The summed E-state index contributed by atoms with van der Waals surface area (Å²) in [5.41, 5.74) is 1.41. The maximum Gasteiger partial charge on any atom is 0.136 e. The zero-order valence-electron chi connectivity index (χ0n) is 7.08. The van der Waals surface area contributed by atoms with E-state index in [4.69, 9.17) is 4.74 Å². The van der Waals surface area contributed by atoms with Crippen LogP contribution in [-0.2, 0) is 10.3 Å². The van der Waals surface area contributed by atoms with E-state index >= 15 is 0 Å². The second kappa shape index (κ2) is 2.57. The third kappa shape index (κ3) is 1.04. The highest BCUT2D eigenvalue weighted by Gasteiger charge is 2.38. The van der Waals surface area contributed by atoms with Crippen LogP contribution < -0.4 is 0 Å². The molecule has 1 aromatic rings. The molecule has 0 aromatic heterocycles. The van der Waals surface area contributed by atoms with Crippen LogP contribution >= 0.6 is 0 Å². The quantitative estimate of drug-likeness (QED) is 0.676. The molecule has 0 saturated carbocycles. The summed E-state index contributed by atoms with van der Waals surface area (Å²) in [7, 11) is 0. The van der Waals surface area contributed by atoms with E-state index in [1.54, 1.807) is 0 Å². The molecule has 64 valence electrons. The molecular weight excluding hydrogens is 152 g/mol. The normalized spacial score (nSPS) is 20.2. The number of rotatable bonds is 1. The molecule has 0 spiro atoms. The van der Waals surface area contributed by atoms with Crippen molar-refractivity contribution in [1.82, 2.24) is 0 Å². The Morgan fingerprint density at radius 1 is 1.33 bits per heavy atom. The van der Waals surface area contributed by atoms with E-state index in [2.05, 4.69) is 0 Å². The van der Waals surface area contributed by atoms with Gasteiger partial charge in [-0.05, 0) is 18.1 Å². The molecule has 2 nitrogen and oxygen atoms in total. The molecular formula is C10H12O2. The van der Waals surface area contributed by atoms with E-state index in [0.29, 0.717) is 13.2 Å². The number of benzene rings is 1. The number of aliphatic hydroxyl groups is 1. The minimum absolute atomic E-state index is 0.428. The minimum Gasteiger partial charge on any atom is -0.380 e. The Labute approximate surface area is 71.8 Å². The van der Waals surface area contributed by atoms with Gasteiger partial charge in [0.2, 0.25) is 0 Å². The summed E-state index contributed by atoms with van der Waals surface area (Å²) in [6, 6.07) is 7.88. The van der Waals surface area contributed by atoms with E-state index in [0.717, 1.165) is 11.1 Å². The summed E-state index contributed by atoms with van der Waals surface area (Å²) < 4.78 is 5.00. The molecule has 12 heavy (non-hydrogen) atoms. The molecule has 1 aliphatic heterocycles. The molecule has 1 fully saturated rings. The van der Waals surface area contributed by atoms with Crippen LogP contribution in [0, 0.1) is 6.92 Å². The van der Waals surface area contributed by atoms with E-state index < -0.39 is 5.60 Å². The maximum absolute atomic E-state index is 9.94. The van der Waals surface area contributed by atoms with Crippen molar-refractivity contribution in [2.75, 3.05) is 13.2 Å². The van der Waals surface area contributed by atoms with E-state index in [-0.39, 0.29) is 0 Å². The average Bonchev–Trinajstić information content (AvgIpc) is 2.01. The van der Waals surface area contributed by atoms with Crippen molar-refractivity contribution < 1.29 is 9.84 Å². The van der Waals surface area contributed by atoms with Gasteiger partial charge < -0.3 is 9.84 Å². The second-order valence-electron chi connectivity index (χ2n) is 3.34.